The molecule has 2 aromatic rings. The molecule has 1 heterocycles. The quantitative estimate of drug-likeness (QED) is 0.343. The van der Waals surface area contributed by atoms with Crippen LogP contribution in [0.3, 0.4) is 0 Å². The zero-order valence-electron chi connectivity index (χ0n) is 16.2. The van der Waals surface area contributed by atoms with Crippen molar-refractivity contribution in [2.45, 2.75) is 46.7 Å². The van der Waals surface area contributed by atoms with E-state index in [9.17, 15) is 29.8 Å². The molecule has 0 bridgehead atoms. The molecule has 0 fully saturated rings. The van der Waals surface area contributed by atoms with Crippen LogP contribution >= 0.6 is 0 Å². The van der Waals surface area contributed by atoms with Gasteiger partial charge in [0.25, 0.3) is 0 Å². The van der Waals surface area contributed by atoms with E-state index < -0.39 is 49.4 Å². The second kappa shape index (κ2) is 9.06. The third kappa shape index (κ3) is 6.12. The molecule has 0 amide bonds. The fourth-order valence-corrected chi connectivity index (χ4v) is 5.54. The molecule has 1 aromatic heterocycles. The van der Waals surface area contributed by atoms with Crippen LogP contribution in [0, 0.1) is 0 Å². The molecule has 0 aliphatic rings. The molecule has 0 saturated carbocycles. The van der Waals surface area contributed by atoms with Crippen LogP contribution in [0.2, 0.25) is 0 Å². The number of sulfone groups is 1. The molecule has 0 aliphatic heterocycles. The first-order valence-electron chi connectivity index (χ1n) is 7.73. The minimum Gasteiger partial charge on any atom is -0.744 e. The number of sulfonamides is 1. The molecule has 10 nitrogen and oxygen atoms in total. The van der Waals surface area contributed by atoms with Gasteiger partial charge in [-0.2, -0.15) is 0 Å². The Hall–Kier alpha value is -0.294. The maximum Gasteiger partial charge on any atom is 1.00 e. The number of benzene rings is 1. The molecule has 0 aliphatic carbocycles. The van der Waals surface area contributed by atoms with Gasteiger partial charge in [0.2, 0.25) is 10.0 Å². The van der Waals surface area contributed by atoms with E-state index in [0.717, 1.165) is 6.07 Å². The van der Waals surface area contributed by atoms with Crippen molar-refractivity contribution in [1.82, 2.24) is 0 Å². The second-order valence-electron chi connectivity index (χ2n) is 6.84. The predicted molar refractivity (Wildman–Crippen MR) is 98.8 cm³/mol. The number of hydrogen-bond acceptors (Lipinski definition) is 9. The van der Waals surface area contributed by atoms with Crippen molar-refractivity contribution in [2.75, 3.05) is 5.32 Å². The first kappa shape index (κ1) is 26.7. The number of furan rings is 1. The fraction of sp³-hybridized carbons (Fsp3) is 0.333. The van der Waals surface area contributed by atoms with Gasteiger partial charge >= 0.3 is 51.4 Å². The molecule has 156 valence electrons. The number of nitrogens with one attached hydrogen (secondary N) is 1. The van der Waals surface area contributed by atoms with Crippen molar-refractivity contribution >= 4 is 35.7 Å². The fourth-order valence-electron chi connectivity index (χ4n) is 2.24. The largest absolute Gasteiger partial charge is 1.00 e. The molecular weight excluding hydrogens is 471 g/mol. The Morgan fingerprint density at radius 1 is 1.03 bits per heavy atom. The third-order valence-corrected chi connectivity index (χ3v) is 8.24. The Morgan fingerprint density at radius 2 is 1.62 bits per heavy atom. The van der Waals surface area contributed by atoms with E-state index >= 15 is 0 Å². The van der Waals surface area contributed by atoms with Gasteiger partial charge in [-0.05, 0) is 45.0 Å². The van der Waals surface area contributed by atoms with Gasteiger partial charge in [-0.3, -0.25) is 0 Å². The smallest absolute Gasteiger partial charge is 0.744 e. The van der Waals surface area contributed by atoms with E-state index in [1.807, 2.05) is 0 Å². The van der Waals surface area contributed by atoms with Gasteiger partial charge in [0.1, 0.15) is 20.8 Å². The topological polar surface area (TPSA) is 177 Å². The van der Waals surface area contributed by atoms with Crippen molar-refractivity contribution in [2.24, 2.45) is 5.14 Å². The van der Waals surface area contributed by atoms with E-state index in [-0.39, 0.29) is 63.6 Å². The van der Waals surface area contributed by atoms with Crippen molar-refractivity contribution in [1.29, 1.82) is 0 Å². The number of hydrogen-bond donors (Lipinski definition) is 2. The third-order valence-electron chi connectivity index (χ3n) is 3.75. The average molecular weight is 491 g/mol. The van der Waals surface area contributed by atoms with Crippen molar-refractivity contribution in [3.63, 3.8) is 0 Å². The Bertz CT molecular complexity index is 1200. The van der Waals surface area contributed by atoms with Crippen LogP contribution in [-0.2, 0) is 36.5 Å². The average Bonchev–Trinajstić information content (AvgIpc) is 3.02. The van der Waals surface area contributed by atoms with Crippen molar-refractivity contribution in [3.05, 3.63) is 36.3 Å². The van der Waals surface area contributed by atoms with Gasteiger partial charge in [0, 0.05) is 0 Å². The van der Waals surface area contributed by atoms with Crippen LogP contribution < -0.4 is 61.8 Å². The minimum absolute atomic E-state index is 0. The normalized spacial score (nSPS) is 13.0. The Balaban J connectivity index is 0.00000420. The Labute approximate surface area is 212 Å². The van der Waals surface area contributed by atoms with Crippen LogP contribution in [0.4, 0.5) is 5.69 Å². The molecule has 3 N–H and O–H groups in total. The summed E-state index contributed by atoms with van der Waals surface area (Å²) in [6, 6.07) is 4.38. The summed E-state index contributed by atoms with van der Waals surface area (Å²) in [6.07, 6.45) is 1.36. The number of primary sulfonamides is 1. The van der Waals surface area contributed by atoms with Gasteiger partial charge in [-0.1, -0.05) is 0 Å². The maximum absolute atomic E-state index is 12.9. The van der Waals surface area contributed by atoms with Crippen LogP contribution in [0.25, 0.3) is 0 Å². The van der Waals surface area contributed by atoms with Crippen LogP contribution in [0.1, 0.15) is 26.5 Å². The molecular formula is C15H19KN2O8S3. The van der Waals surface area contributed by atoms with Gasteiger partial charge < -0.3 is 14.3 Å². The summed E-state index contributed by atoms with van der Waals surface area (Å²) in [5, 5.41) is 7.68. The Morgan fingerprint density at radius 3 is 2.03 bits per heavy atom. The summed E-state index contributed by atoms with van der Waals surface area (Å²) in [6.45, 7) is 3.93. The number of rotatable bonds is 6. The zero-order chi connectivity index (χ0) is 21.5. The second-order valence-corrected chi connectivity index (χ2v) is 12.4. The van der Waals surface area contributed by atoms with Gasteiger partial charge in [0.15, 0.2) is 9.84 Å². The van der Waals surface area contributed by atoms with Crippen LogP contribution in [0.15, 0.2) is 49.6 Å². The van der Waals surface area contributed by atoms with E-state index in [1.54, 1.807) is 12.1 Å². The summed E-state index contributed by atoms with van der Waals surface area (Å²) in [5.41, 5.74) is -0.387. The molecule has 0 radical (unpaired) electrons. The maximum atomic E-state index is 12.9. The van der Waals surface area contributed by atoms with Gasteiger partial charge in [-0.25, -0.2) is 30.4 Å². The summed E-state index contributed by atoms with van der Waals surface area (Å²) in [5.74, 6) is 0.366. The van der Waals surface area contributed by atoms with Crippen molar-refractivity contribution < 1.29 is 85.6 Å². The predicted octanol–water partition coefficient (Wildman–Crippen LogP) is -1.98. The monoisotopic (exact) mass is 490 g/mol. The first-order chi connectivity index (χ1) is 12.5. The molecule has 1 aromatic carbocycles. The molecule has 0 saturated heterocycles. The summed E-state index contributed by atoms with van der Waals surface area (Å²) in [4.78, 5) is -2.63. The molecule has 14 heteroatoms. The Kier molecular flexibility index (Phi) is 8.35. The van der Waals surface area contributed by atoms with Crippen molar-refractivity contribution in [3.8, 4) is 0 Å². The molecule has 2 rings (SSSR count). The van der Waals surface area contributed by atoms with E-state index in [0.29, 0.717) is 11.8 Å². The van der Waals surface area contributed by atoms with Crippen LogP contribution in [0.5, 0.6) is 0 Å². The van der Waals surface area contributed by atoms with Crippen LogP contribution in [-0.4, -0.2) is 34.6 Å². The molecule has 0 atom stereocenters. The SMILES string of the molecule is CC(C)(C)S(=O)(=O)c1cc(NCc2ccco2)c(S(=O)(=O)[O-])cc1S(N)(=O)=O.[K+]. The number of anilines is 1. The molecule has 0 spiro atoms. The first-order valence-corrected chi connectivity index (χ1v) is 12.2. The number of nitrogens with two attached hydrogens (primary N) is 1. The summed E-state index contributed by atoms with van der Waals surface area (Å²) < 4.78 is 88.2. The van der Waals surface area contributed by atoms with Gasteiger partial charge in [0.05, 0.1) is 33.0 Å². The van der Waals surface area contributed by atoms with E-state index in [1.165, 1.54) is 27.0 Å². The van der Waals surface area contributed by atoms with E-state index in [4.69, 9.17) is 9.56 Å². The zero-order valence-corrected chi connectivity index (χ0v) is 21.7. The minimum atomic E-state index is -5.16. The summed E-state index contributed by atoms with van der Waals surface area (Å²) >= 11 is 0. The van der Waals surface area contributed by atoms with Gasteiger partial charge in [-0.15, -0.1) is 0 Å². The van der Waals surface area contributed by atoms with E-state index in [2.05, 4.69) is 5.32 Å². The standard InChI is InChI=1S/C15H20N2O8S3.K/c1-15(2,3)26(18,19)13-7-11(17-9-10-5-4-6-25-10)12(28(22,23)24)8-14(13)27(16,20)21;/h4-8,17H,9H2,1-3H3,(H2,16,20,21)(H,22,23,24);/q;+1/p-1. The summed E-state index contributed by atoms with van der Waals surface area (Å²) in [7, 11) is -14.1. The molecule has 29 heavy (non-hydrogen) atoms. The molecule has 0 unspecified atom stereocenters.